The van der Waals surface area contributed by atoms with E-state index in [1.807, 2.05) is 5.32 Å². The first-order valence-electron chi connectivity index (χ1n) is 4.60. The molecule has 2 N–H and O–H groups in total. The van der Waals surface area contributed by atoms with E-state index in [2.05, 4.69) is 4.98 Å². The van der Waals surface area contributed by atoms with Gasteiger partial charge in [-0.1, -0.05) is 0 Å². The van der Waals surface area contributed by atoms with E-state index in [1.54, 1.807) is 6.92 Å². The number of amides is 1. The molecule has 1 aromatic rings. The van der Waals surface area contributed by atoms with Crippen LogP contribution >= 0.6 is 0 Å². The molecule has 86 valence electrons. The summed E-state index contributed by atoms with van der Waals surface area (Å²) in [6, 6.07) is 0.521. The lowest BCUT2D eigenvalue weighted by molar-refractivity contribution is -0.108. The predicted octanol–water partition coefficient (Wildman–Crippen LogP) is 1.43. The summed E-state index contributed by atoms with van der Waals surface area (Å²) in [5.74, 6) is -0.594. The van der Waals surface area contributed by atoms with Crippen LogP contribution in [-0.4, -0.2) is 22.5 Å². The second-order valence-electron chi connectivity index (χ2n) is 3.23. The Morgan fingerprint density at radius 1 is 1.75 bits per heavy atom. The highest BCUT2D eigenvalue weighted by molar-refractivity contribution is 5.66. The van der Waals surface area contributed by atoms with Crippen molar-refractivity contribution in [3.63, 3.8) is 0 Å². The van der Waals surface area contributed by atoms with Gasteiger partial charge in [-0.2, -0.15) is 0 Å². The lowest BCUT2D eigenvalue weighted by atomic mass is 10.1. The lowest BCUT2D eigenvalue weighted by Crippen LogP contribution is -2.28. The monoisotopic (exact) mass is 226 g/mol. The zero-order chi connectivity index (χ0) is 12.1. The molecule has 0 aliphatic carbocycles. The smallest absolute Gasteiger partial charge is 0.405 e. The van der Waals surface area contributed by atoms with E-state index < -0.39 is 18.0 Å². The van der Waals surface area contributed by atoms with Crippen LogP contribution in [0.5, 0.6) is 0 Å². The van der Waals surface area contributed by atoms with E-state index in [0.29, 0.717) is 11.8 Å². The van der Waals surface area contributed by atoms with Crippen LogP contribution in [0.15, 0.2) is 12.3 Å². The number of nitrogens with zero attached hydrogens (tertiary/aromatic N) is 1. The standard InChI is InChI=1S/C10H11FN2O3/c1-6-2-4-12-9(8(6)11)7(3-5-14)13-10(15)16/h2,4-5,7,13H,3H2,1H3,(H,15,16). The number of hydrogen-bond acceptors (Lipinski definition) is 3. The zero-order valence-electron chi connectivity index (χ0n) is 8.61. The van der Waals surface area contributed by atoms with Crippen molar-refractivity contribution in [1.82, 2.24) is 10.3 Å². The van der Waals surface area contributed by atoms with Crippen molar-refractivity contribution >= 4 is 12.4 Å². The minimum Gasteiger partial charge on any atom is -0.465 e. The number of rotatable bonds is 4. The Balaban J connectivity index is 3.04. The van der Waals surface area contributed by atoms with E-state index in [9.17, 15) is 14.0 Å². The highest BCUT2D eigenvalue weighted by atomic mass is 19.1. The van der Waals surface area contributed by atoms with Gasteiger partial charge in [-0.25, -0.2) is 9.18 Å². The summed E-state index contributed by atoms with van der Waals surface area (Å²) in [4.78, 5) is 24.6. The quantitative estimate of drug-likeness (QED) is 0.761. The molecule has 0 bridgehead atoms. The fraction of sp³-hybridized carbons (Fsp3) is 0.300. The third-order valence-electron chi connectivity index (χ3n) is 2.07. The Labute approximate surface area is 91.3 Å². The lowest BCUT2D eigenvalue weighted by Gasteiger charge is -2.14. The molecule has 1 aromatic heterocycles. The number of hydrogen-bond donors (Lipinski definition) is 2. The number of carbonyl (C=O) groups is 2. The van der Waals surface area contributed by atoms with Crippen molar-refractivity contribution < 1.29 is 19.1 Å². The van der Waals surface area contributed by atoms with Gasteiger partial charge in [0.1, 0.15) is 12.1 Å². The van der Waals surface area contributed by atoms with E-state index in [4.69, 9.17) is 5.11 Å². The molecule has 0 saturated carbocycles. The van der Waals surface area contributed by atoms with E-state index in [-0.39, 0.29) is 12.1 Å². The summed E-state index contributed by atoms with van der Waals surface area (Å²) in [5.41, 5.74) is 0.294. The molecule has 16 heavy (non-hydrogen) atoms. The van der Waals surface area contributed by atoms with Crippen LogP contribution in [0.2, 0.25) is 0 Å². The number of aryl methyl sites for hydroxylation is 1. The van der Waals surface area contributed by atoms with Gasteiger partial charge in [0.2, 0.25) is 0 Å². The van der Waals surface area contributed by atoms with Crippen LogP contribution in [-0.2, 0) is 4.79 Å². The van der Waals surface area contributed by atoms with Gasteiger partial charge in [0.25, 0.3) is 0 Å². The number of aromatic nitrogens is 1. The molecule has 0 aliphatic heterocycles. The molecule has 1 heterocycles. The van der Waals surface area contributed by atoms with E-state index in [0.717, 1.165) is 0 Å². The van der Waals surface area contributed by atoms with Gasteiger partial charge in [-0.05, 0) is 18.6 Å². The molecule has 0 saturated heterocycles. The summed E-state index contributed by atoms with van der Waals surface area (Å²) in [5, 5.41) is 10.6. The highest BCUT2D eigenvalue weighted by Gasteiger charge is 2.19. The number of halogens is 1. The van der Waals surface area contributed by atoms with Gasteiger partial charge in [0.15, 0.2) is 0 Å². The van der Waals surface area contributed by atoms with E-state index >= 15 is 0 Å². The average Bonchev–Trinajstić information content (AvgIpc) is 2.21. The number of nitrogens with one attached hydrogen (secondary N) is 1. The van der Waals surface area contributed by atoms with Gasteiger partial charge >= 0.3 is 6.09 Å². The molecule has 0 aliphatic rings. The second kappa shape index (κ2) is 5.20. The summed E-state index contributed by atoms with van der Waals surface area (Å²) >= 11 is 0. The summed E-state index contributed by atoms with van der Waals surface area (Å²) < 4.78 is 13.6. The Morgan fingerprint density at radius 3 is 3.00 bits per heavy atom. The molecule has 6 heteroatoms. The third kappa shape index (κ3) is 2.75. The molecule has 1 atom stereocenters. The minimum atomic E-state index is -1.32. The summed E-state index contributed by atoms with van der Waals surface area (Å²) in [7, 11) is 0. The van der Waals surface area contributed by atoms with Crippen molar-refractivity contribution in [3.05, 3.63) is 29.3 Å². The maximum atomic E-state index is 13.6. The average molecular weight is 226 g/mol. The van der Waals surface area contributed by atoms with Crippen LogP contribution in [0.25, 0.3) is 0 Å². The number of carbonyl (C=O) groups excluding carboxylic acids is 1. The normalized spacial score (nSPS) is 11.9. The topological polar surface area (TPSA) is 79.3 Å². The Morgan fingerprint density at radius 2 is 2.44 bits per heavy atom. The molecule has 0 aromatic carbocycles. The fourth-order valence-corrected chi connectivity index (χ4v) is 1.29. The highest BCUT2D eigenvalue weighted by Crippen LogP contribution is 2.19. The van der Waals surface area contributed by atoms with E-state index in [1.165, 1.54) is 12.3 Å². The molecule has 0 radical (unpaired) electrons. The van der Waals surface area contributed by atoms with Crippen LogP contribution in [0.3, 0.4) is 0 Å². The van der Waals surface area contributed by atoms with Crippen LogP contribution in [0.1, 0.15) is 23.7 Å². The zero-order valence-corrected chi connectivity index (χ0v) is 8.61. The number of carboxylic acid groups (broad SMARTS) is 1. The van der Waals surface area contributed by atoms with Gasteiger partial charge in [-0.3, -0.25) is 4.98 Å². The molecule has 5 nitrogen and oxygen atoms in total. The van der Waals surface area contributed by atoms with Crippen molar-refractivity contribution in [3.8, 4) is 0 Å². The van der Waals surface area contributed by atoms with Crippen molar-refractivity contribution in [2.24, 2.45) is 0 Å². The van der Waals surface area contributed by atoms with Crippen molar-refractivity contribution in [1.29, 1.82) is 0 Å². The number of aldehydes is 1. The minimum absolute atomic E-state index is 0.0606. The van der Waals surface area contributed by atoms with Gasteiger partial charge in [0.05, 0.1) is 11.7 Å². The van der Waals surface area contributed by atoms with Crippen molar-refractivity contribution in [2.75, 3.05) is 0 Å². The first kappa shape index (κ1) is 12.1. The second-order valence-corrected chi connectivity index (χ2v) is 3.23. The molecular formula is C10H11FN2O3. The van der Waals surface area contributed by atoms with Crippen LogP contribution < -0.4 is 5.32 Å². The van der Waals surface area contributed by atoms with Crippen LogP contribution in [0, 0.1) is 12.7 Å². The number of pyridine rings is 1. The maximum absolute atomic E-state index is 13.6. The molecule has 1 rings (SSSR count). The largest absolute Gasteiger partial charge is 0.465 e. The van der Waals surface area contributed by atoms with Crippen molar-refractivity contribution in [2.45, 2.75) is 19.4 Å². The Hall–Kier alpha value is -1.98. The fourth-order valence-electron chi connectivity index (χ4n) is 1.29. The third-order valence-corrected chi connectivity index (χ3v) is 2.07. The van der Waals surface area contributed by atoms with Crippen LogP contribution in [0.4, 0.5) is 9.18 Å². The predicted molar refractivity (Wildman–Crippen MR) is 53.5 cm³/mol. The van der Waals surface area contributed by atoms with Gasteiger partial charge in [0, 0.05) is 12.6 Å². The van der Waals surface area contributed by atoms with Gasteiger partial charge < -0.3 is 15.2 Å². The Kier molecular flexibility index (Phi) is 3.93. The first-order valence-corrected chi connectivity index (χ1v) is 4.60. The Bertz CT molecular complexity index is 409. The SMILES string of the molecule is Cc1ccnc(C(CC=O)NC(=O)O)c1F. The maximum Gasteiger partial charge on any atom is 0.405 e. The van der Waals surface area contributed by atoms with Gasteiger partial charge in [-0.15, -0.1) is 0 Å². The molecule has 0 spiro atoms. The molecule has 0 fully saturated rings. The molecule has 1 unspecified atom stereocenters. The first-order chi connectivity index (χ1) is 7.56. The summed E-state index contributed by atoms with van der Waals surface area (Å²) in [6.07, 6.45) is 0.410. The summed E-state index contributed by atoms with van der Waals surface area (Å²) in [6.45, 7) is 1.54. The molecule has 1 amide bonds. The molecular weight excluding hydrogens is 215 g/mol.